The predicted molar refractivity (Wildman–Crippen MR) is 117 cm³/mol. The largest absolute Gasteiger partial charge is 0.493 e. The van der Waals surface area contributed by atoms with E-state index in [1.165, 1.54) is 7.11 Å². The van der Waals surface area contributed by atoms with Crippen LogP contribution in [0.1, 0.15) is 23.6 Å². The zero-order valence-corrected chi connectivity index (χ0v) is 18.7. The standard InChI is InChI=1S/C20H18BrCl2NO5/c1-3-29-24-18(20(25)26)14-7-5-4-6-13(14)11-28-19-15(27-2)9-8-12(17(19)21)10-16(22)23/h4-10H,3,11H2,1-2H3,(H,25,26). The van der Waals surface area contributed by atoms with E-state index < -0.39 is 5.97 Å². The molecule has 0 amide bonds. The molecule has 29 heavy (non-hydrogen) atoms. The molecule has 0 radical (unpaired) electrons. The third-order valence-electron chi connectivity index (χ3n) is 3.71. The zero-order chi connectivity index (χ0) is 21.4. The molecule has 0 saturated heterocycles. The molecule has 1 N–H and O–H groups in total. The average Bonchev–Trinajstić information content (AvgIpc) is 2.69. The number of hydrogen-bond acceptors (Lipinski definition) is 5. The maximum Gasteiger partial charge on any atom is 0.358 e. The molecule has 0 aliphatic heterocycles. The van der Waals surface area contributed by atoms with Crippen molar-refractivity contribution >= 4 is 56.9 Å². The van der Waals surface area contributed by atoms with Crippen LogP contribution in [0, 0.1) is 0 Å². The van der Waals surface area contributed by atoms with Gasteiger partial charge < -0.3 is 19.4 Å². The number of carboxylic acids is 1. The van der Waals surface area contributed by atoms with E-state index in [4.69, 9.17) is 37.5 Å². The lowest BCUT2D eigenvalue weighted by molar-refractivity contribution is -0.129. The molecule has 0 fully saturated rings. The molecule has 2 rings (SSSR count). The normalized spacial score (nSPS) is 11.0. The van der Waals surface area contributed by atoms with Crippen LogP contribution in [0.25, 0.3) is 6.08 Å². The number of halogens is 3. The Morgan fingerprint density at radius 1 is 1.24 bits per heavy atom. The summed E-state index contributed by atoms with van der Waals surface area (Å²) in [6, 6.07) is 10.4. The first kappa shape index (κ1) is 23.1. The predicted octanol–water partition coefficient (Wildman–Crippen LogP) is 5.64. The average molecular weight is 503 g/mol. The van der Waals surface area contributed by atoms with Gasteiger partial charge in [0.1, 0.15) is 17.7 Å². The van der Waals surface area contributed by atoms with Gasteiger partial charge in [0.05, 0.1) is 11.6 Å². The van der Waals surface area contributed by atoms with Crippen LogP contribution in [0.4, 0.5) is 0 Å². The summed E-state index contributed by atoms with van der Waals surface area (Å²) in [5, 5.41) is 13.2. The van der Waals surface area contributed by atoms with Crippen molar-refractivity contribution in [3.05, 3.63) is 62.1 Å². The van der Waals surface area contributed by atoms with Crippen molar-refractivity contribution < 1.29 is 24.2 Å². The first-order valence-corrected chi connectivity index (χ1v) is 9.97. The van der Waals surface area contributed by atoms with E-state index in [9.17, 15) is 9.90 Å². The smallest absolute Gasteiger partial charge is 0.358 e. The molecule has 0 bridgehead atoms. The van der Waals surface area contributed by atoms with Crippen molar-refractivity contribution in [2.24, 2.45) is 5.16 Å². The number of ether oxygens (including phenoxy) is 2. The third-order valence-corrected chi connectivity index (χ3v) is 4.74. The second kappa shape index (κ2) is 11.1. The molecule has 2 aromatic carbocycles. The monoisotopic (exact) mass is 501 g/mol. The molecule has 154 valence electrons. The highest BCUT2D eigenvalue weighted by Crippen LogP contribution is 2.39. The summed E-state index contributed by atoms with van der Waals surface area (Å²) in [4.78, 5) is 16.6. The molecule has 0 saturated carbocycles. The van der Waals surface area contributed by atoms with E-state index in [2.05, 4.69) is 21.1 Å². The van der Waals surface area contributed by atoms with Gasteiger partial charge in [-0.2, -0.15) is 0 Å². The summed E-state index contributed by atoms with van der Waals surface area (Å²) in [6.07, 6.45) is 1.56. The SMILES string of the molecule is CCON=C(C(=O)O)c1ccccc1COc1c(OC)ccc(C=C(Cl)Cl)c1Br. The summed E-state index contributed by atoms with van der Waals surface area (Å²) in [6.45, 7) is 2.03. The summed E-state index contributed by atoms with van der Waals surface area (Å²) in [7, 11) is 1.52. The van der Waals surface area contributed by atoms with Crippen molar-refractivity contribution in [2.45, 2.75) is 13.5 Å². The first-order valence-electron chi connectivity index (χ1n) is 8.42. The molecule has 0 spiro atoms. The Kier molecular flexibility index (Phi) is 8.82. The summed E-state index contributed by atoms with van der Waals surface area (Å²) in [5.74, 6) is -0.295. The van der Waals surface area contributed by atoms with Crippen LogP contribution in [-0.4, -0.2) is 30.5 Å². The maximum absolute atomic E-state index is 11.6. The van der Waals surface area contributed by atoms with Crippen LogP contribution in [0.3, 0.4) is 0 Å². The van der Waals surface area contributed by atoms with Gasteiger partial charge in [0.15, 0.2) is 17.2 Å². The first-order chi connectivity index (χ1) is 13.9. The molecule has 0 aliphatic carbocycles. The number of methoxy groups -OCH3 is 1. The number of nitrogens with zero attached hydrogens (tertiary/aromatic N) is 1. The number of hydrogen-bond donors (Lipinski definition) is 1. The fourth-order valence-electron chi connectivity index (χ4n) is 2.44. The van der Waals surface area contributed by atoms with Crippen LogP contribution >= 0.6 is 39.1 Å². The number of aliphatic carboxylic acids is 1. The van der Waals surface area contributed by atoms with Gasteiger partial charge in [-0.1, -0.05) is 52.6 Å². The highest BCUT2D eigenvalue weighted by Gasteiger charge is 2.19. The van der Waals surface area contributed by atoms with Crippen LogP contribution in [0.15, 0.2) is 50.5 Å². The Morgan fingerprint density at radius 3 is 2.59 bits per heavy atom. The highest BCUT2D eigenvalue weighted by atomic mass is 79.9. The van der Waals surface area contributed by atoms with Crippen molar-refractivity contribution in [3.63, 3.8) is 0 Å². The minimum absolute atomic E-state index is 0.0608. The fraction of sp³-hybridized carbons (Fsp3) is 0.200. The number of carboxylic acid groups (broad SMARTS) is 1. The van der Waals surface area contributed by atoms with E-state index in [0.29, 0.717) is 32.7 Å². The summed E-state index contributed by atoms with van der Waals surface area (Å²) < 4.78 is 12.0. The van der Waals surface area contributed by atoms with Crippen molar-refractivity contribution in [3.8, 4) is 11.5 Å². The lowest BCUT2D eigenvalue weighted by Gasteiger charge is -2.16. The Morgan fingerprint density at radius 2 is 1.97 bits per heavy atom. The van der Waals surface area contributed by atoms with Gasteiger partial charge in [-0.05, 0) is 52.2 Å². The molecular formula is C20H18BrCl2NO5. The summed E-state index contributed by atoms with van der Waals surface area (Å²) in [5.41, 5.74) is 1.49. The second-order valence-corrected chi connectivity index (χ2v) is 7.34. The number of carbonyl (C=O) groups is 1. The third kappa shape index (κ3) is 6.13. The molecule has 9 heteroatoms. The Hall–Kier alpha value is -2.22. The minimum Gasteiger partial charge on any atom is -0.493 e. The van der Waals surface area contributed by atoms with E-state index in [1.807, 2.05) is 0 Å². The van der Waals surface area contributed by atoms with Gasteiger partial charge in [-0.25, -0.2) is 4.79 Å². The molecular weight excluding hydrogens is 485 g/mol. The van der Waals surface area contributed by atoms with Gasteiger partial charge in [0.2, 0.25) is 0 Å². The van der Waals surface area contributed by atoms with Gasteiger partial charge in [0.25, 0.3) is 0 Å². The minimum atomic E-state index is -1.20. The summed E-state index contributed by atoms with van der Waals surface area (Å²) >= 11 is 15.0. The van der Waals surface area contributed by atoms with Gasteiger partial charge in [0, 0.05) is 5.56 Å². The van der Waals surface area contributed by atoms with Crippen LogP contribution < -0.4 is 9.47 Å². The Balaban J connectivity index is 2.40. The molecule has 6 nitrogen and oxygen atoms in total. The van der Waals surface area contributed by atoms with Crippen LogP contribution in [-0.2, 0) is 16.2 Å². The quantitative estimate of drug-likeness (QED) is 0.354. The van der Waals surface area contributed by atoms with Gasteiger partial charge in [-0.3, -0.25) is 0 Å². The molecule has 0 atom stereocenters. The van der Waals surface area contributed by atoms with E-state index in [1.54, 1.807) is 49.4 Å². The van der Waals surface area contributed by atoms with Crippen molar-refractivity contribution in [2.75, 3.05) is 13.7 Å². The topological polar surface area (TPSA) is 77.4 Å². The zero-order valence-electron chi connectivity index (χ0n) is 15.6. The molecule has 0 unspecified atom stereocenters. The number of benzene rings is 2. The number of oxime groups is 1. The van der Waals surface area contributed by atoms with Gasteiger partial charge >= 0.3 is 5.97 Å². The van der Waals surface area contributed by atoms with Crippen LogP contribution in [0.5, 0.6) is 11.5 Å². The second-order valence-electron chi connectivity index (χ2n) is 5.54. The Bertz CT molecular complexity index is 942. The van der Waals surface area contributed by atoms with Crippen molar-refractivity contribution in [1.29, 1.82) is 0 Å². The molecule has 0 aliphatic rings. The van der Waals surface area contributed by atoms with E-state index in [-0.39, 0.29) is 23.4 Å². The Labute approximate surface area is 186 Å². The highest BCUT2D eigenvalue weighted by molar-refractivity contribution is 9.10. The maximum atomic E-state index is 11.6. The van der Waals surface area contributed by atoms with E-state index in [0.717, 1.165) is 0 Å². The van der Waals surface area contributed by atoms with Gasteiger partial charge in [-0.15, -0.1) is 0 Å². The number of rotatable bonds is 9. The lowest BCUT2D eigenvalue weighted by atomic mass is 10.0. The molecule has 0 heterocycles. The fourth-order valence-corrected chi connectivity index (χ4v) is 3.23. The van der Waals surface area contributed by atoms with Crippen molar-refractivity contribution in [1.82, 2.24) is 0 Å². The van der Waals surface area contributed by atoms with E-state index >= 15 is 0 Å². The lowest BCUT2D eigenvalue weighted by Crippen LogP contribution is -2.18. The van der Waals surface area contributed by atoms with Crippen LogP contribution in [0.2, 0.25) is 0 Å². The molecule has 2 aromatic rings. The molecule has 0 aromatic heterocycles.